The first-order chi connectivity index (χ1) is 11.9. The van der Waals surface area contributed by atoms with Crippen molar-refractivity contribution in [3.63, 3.8) is 0 Å². The summed E-state index contributed by atoms with van der Waals surface area (Å²) in [6.07, 6.45) is 0.00803. The average Bonchev–Trinajstić information content (AvgIpc) is 2.98. The molecule has 25 heavy (non-hydrogen) atoms. The van der Waals surface area contributed by atoms with Crippen LogP contribution in [0.15, 0.2) is 30.6 Å². The molecule has 0 aliphatic carbocycles. The molecule has 3 heterocycles. The van der Waals surface area contributed by atoms with Gasteiger partial charge in [0.1, 0.15) is 6.61 Å². The number of carbonyl (C=O) groups is 1. The number of aromatic carboxylic acids is 1. The molecule has 0 atom stereocenters. The van der Waals surface area contributed by atoms with Crippen LogP contribution in [0, 0.1) is 0 Å². The minimum Gasteiger partial charge on any atom is -0.482 e. The number of alkyl halides is 2. The first-order valence-electron chi connectivity index (χ1n) is 6.76. The Morgan fingerprint density at radius 3 is 2.92 bits per heavy atom. The molecule has 0 aromatic carbocycles. The summed E-state index contributed by atoms with van der Waals surface area (Å²) in [4.78, 5) is 18.9. The Morgan fingerprint density at radius 2 is 2.20 bits per heavy atom. The molecule has 3 rings (SSSR count). The van der Waals surface area contributed by atoms with Gasteiger partial charge in [-0.25, -0.2) is 23.1 Å². The van der Waals surface area contributed by atoms with Crippen LogP contribution in [0.1, 0.15) is 10.5 Å². The highest BCUT2D eigenvalue weighted by molar-refractivity contribution is 6.30. The number of pyridine rings is 1. The highest BCUT2D eigenvalue weighted by atomic mass is 35.5. The van der Waals surface area contributed by atoms with Gasteiger partial charge in [-0.1, -0.05) is 11.6 Å². The van der Waals surface area contributed by atoms with E-state index in [-0.39, 0.29) is 33.9 Å². The normalized spacial score (nSPS) is 11.0. The topological polar surface area (TPSA) is 98.8 Å². The molecule has 0 saturated carbocycles. The third-order valence-electron chi connectivity index (χ3n) is 2.87. The fourth-order valence-electron chi connectivity index (χ4n) is 1.86. The Hall–Kier alpha value is -3.01. The summed E-state index contributed by atoms with van der Waals surface area (Å²) >= 11 is 5.78. The SMILES string of the molecule is O=C(O)c1cc2nc(Oc3ncc(Cl)cc3OCC(F)F)ccn2n1. The minimum atomic E-state index is -2.68. The van der Waals surface area contributed by atoms with E-state index in [4.69, 9.17) is 26.2 Å². The minimum absolute atomic E-state index is 0.0426. The van der Waals surface area contributed by atoms with Crippen LogP contribution < -0.4 is 9.47 Å². The van der Waals surface area contributed by atoms with Crippen LogP contribution in [0.4, 0.5) is 8.78 Å². The first-order valence-corrected chi connectivity index (χ1v) is 7.14. The standard InChI is InChI=1S/C14H9ClF2N4O4/c15-7-3-9(24-6-10(16)17)13(18-5-7)25-12-1-2-21-11(19-12)4-8(20-21)14(22)23/h1-5,10H,6H2,(H,22,23). The number of rotatable bonds is 6. The Labute approximate surface area is 143 Å². The summed E-state index contributed by atoms with van der Waals surface area (Å²) in [5.74, 6) is -1.34. The number of hydrogen-bond acceptors (Lipinski definition) is 6. The third kappa shape index (κ3) is 3.91. The van der Waals surface area contributed by atoms with Gasteiger partial charge < -0.3 is 14.6 Å². The van der Waals surface area contributed by atoms with Gasteiger partial charge in [-0.3, -0.25) is 0 Å². The van der Waals surface area contributed by atoms with Gasteiger partial charge in [-0.15, -0.1) is 0 Å². The molecule has 0 amide bonds. The van der Waals surface area contributed by atoms with Crippen molar-refractivity contribution in [2.24, 2.45) is 0 Å². The molecule has 0 unspecified atom stereocenters. The van der Waals surface area contributed by atoms with Gasteiger partial charge in [0, 0.05) is 30.6 Å². The monoisotopic (exact) mass is 370 g/mol. The van der Waals surface area contributed by atoms with Crippen LogP contribution in [-0.4, -0.2) is 43.7 Å². The van der Waals surface area contributed by atoms with Gasteiger partial charge >= 0.3 is 5.97 Å². The van der Waals surface area contributed by atoms with Crippen LogP contribution >= 0.6 is 11.6 Å². The number of fused-ring (bicyclic) bond motifs is 1. The molecule has 3 aromatic rings. The Morgan fingerprint density at radius 1 is 1.40 bits per heavy atom. The van der Waals surface area contributed by atoms with Crippen molar-refractivity contribution in [3.8, 4) is 17.5 Å². The van der Waals surface area contributed by atoms with Crippen molar-refractivity contribution in [3.05, 3.63) is 41.3 Å². The van der Waals surface area contributed by atoms with Gasteiger partial charge in [-0.2, -0.15) is 10.1 Å². The molecule has 0 radical (unpaired) electrons. The van der Waals surface area contributed by atoms with E-state index in [2.05, 4.69) is 15.1 Å². The number of nitrogens with zero attached hydrogens (tertiary/aromatic N) is 4. The van der Waals surface area contributed by atoms with Crippen molar-refractivity contribution in [1.82, 2.24) is 19.6 Å². The number of aromatic nitrogens is 4. The summed E-state index contributed by atoms with van der Waals surface area (Å²) in [7, 11) is 0. The van der Waals surface area contributed by atoms with Gasteiger partial charge in [0.25, 0.3) is 12.3 Å². The fourth-order valence-corrected chi connectivity index (χ4v) is 2.01. The van der Waals surface area contributed by atoms with Crippen LogP contribution in [0.2, 0.25) is 5.02 Å². The number of halogens is 3. The Kier molecular flexibility index (Phi) is 4.61. The van der Waals surface area contributed by atoms with Crippen LogP contribution in [0.3, 0.4) is 0 Å². The lowest BCUT2D eigenvalue weighted by Crippen LogP contribution is -2.08. The predicted molar refractivity (Wildman–Crippen MR) is 80.8 cm³/mol. The maximum absolute atomic E-state index is 12.3. The smallest absolute Gasteiger partial charge is 0.356 e. The summed E-state index contributed by atoms with van der Waals surface area (Å²) in [5, 5.41) is 12.9. The second-order valence-electron chi connectivity index (χ2n) is 4.66. The first kappa shape index (κ1) is 16.8. The van der Waals surface area contributed by atoms with Crippen LogP contribution in [0.25, 0.3) is 5.65 Å². The second kappa shape index (κ2) is 6.85. The van der Waals surface area contributed by atoms with Crippen molar-refractivity contribution >= 4 is 23.2 Å². The molecule has 11 heteroatoms. The van der Waals surface area contributed by atoms with Gasteiger partial charge in [0.05, 0.1) is 5.02 Å². The van der Waals surface area contributed by atoms with Gasteiger partial charge in [-0.05, 0) is 0 Å². The molecule has 1 N–H and O–H groups in total. The fraction of sp³-hybridized carbons (Fsp3) is 0.143. The molecule has 130 valence electrons. The zero-order chi connectivity index (χ0) is 18.0. The zero-order valence-corrected chi connectivity index (χ0v) is 13.0. The molecule has 3 aromatic heterocycles. The number of carboxylic acid groups (broad SMARTS) is 1. The predicted octanol–water partition coefficient (Wildman–Crippen LogP) is 2.91. The van der Waals surface area contributed by atoms with Crippen molar-refractivity contribution in [2.75, 3.05) is 6.61 Å². The lowest BCUT2D eigenvalue weighted by Gasteiger charge is -2.11. The van der Waals surface area contributed by atoms with E-state index in [0.29, 0.717) is 0 Å². The Bertz CT molecular complexity index is 934. The summed E-state index contributed by atoms with van der Waals surface area (Å²) in [6, 6.07) is 3.93. The van der Waals surface area contributed by atoms with Crippen molar-refractivity contribution in [2.45, 2.75) is 6.43 Å². The molecule has 0 bridgehead atoms. The van der Waals surface area contributed by atoms with E-state index in [0.717, 1.165) is 0 Å². The van der Waals surface area contributed by atoms with E-state index < -0.39 is 19.0 Å². The number of ether oxygens (including phenoxy) is 2. The van der Waals surface area contributed by atoms with Gasteiger partial charge in [0.15, 0.2) is 17.1 Å². The van der Waals surface area contributed by atoms with E-state index >= 15 is 0 Å². The van der Waals surface area contributed by atoms with Crippen LogP contribution in [-0.2, 0) is 0 Å². The second-order valence-corrected chi connectivity index (χ2v) is 5.10. The molecular weight excluding hydrogens is 362 g/mol. The lowest BCUT2D eigenvalue weighted by molar-refractivity contribution is 0.0690. The van der Waals surface area contributed by atoms with E-state index in [1.54, 1.807) is 0 Å². The number of carboxylic acids is 1. The van der Waals surface area contributed by atoms with E-state index in [1.165, 1.54) is 35.1 Å². The molecule has 0 spiro atoms. The van der Waals surface area contributed by atoms with Crippen molar-refractivity contribution in [1.29, 1.82) is 0 Å². The quantitative estimate of drug-likeness (QED) is 0.712. The molecule has 8 nitrogen and oxygen atoms in total. The van der Waals surface area contributed by atoms with Gasteiger partial charge in [0.2, 0.25) is 5.88 Å². The maximum Gasteiger partial charge on any atom is 0.356 e. The lowest BCUT2D eigenvalue weighted by atomic mass is 10.4. The molecule has 0 aliphatic heterocycles. The molecule has 0 aliphatic rings. The van der Waals surface area contributed by atoms with E-state index in [1.807, 2.05) is 0 Å². The highest BCUT2D eigenvalue weighted by Crippen LogP contribution is 2.31. The van der Waals surface area contributed by atoms with E-state index in [9.17, 15) is 13.6 Å². The summed E-state index contributed by atoms with van der Waals surface area (Å²) in [6.45, 7) is -0.852. The number of hydrogen-bond donors (Lipinski definition) is 1. The summed E-state index contributed by atoms with van der Waals surface area (Å²) < 4.78 is 36.3. The van der Waals surface area contributed by atoms with Crippen LogP contribution in [0.5, 0.6) is 17.5 Å². The maximum atomic E-state index is 12.3. The average molecular weight is 371 g/mol. The molecule has 0 saturated heterocycles. The highest BCUT2D eigenvalue weighted by Gasteiger charge is 2.14. The largest absolute Gasteiger partial charge is 0.482 e. The third-order valence-corrected chi connectivity index (χ3v) is 3.08. The molecular formula is C14H9ClF2N4O4. The summed E-state index contributed by atoms with van der Waals surface area (Å²) in [5.41, 5.74) is 0.0362. The Balaban J connectivity index is 1.88. The molecule has 0 fully saturated rings. The zero-order valence-electron chi connectivity index (χ0n) is 12.3. The van der Waals surface area contributed by atoms with Crippen molar-refractivity contribution < 1.29 is 28.2 Å².